The lowest BCUT2D eigenvalue weighted by Crippen LogP contribution is -2.33. The summed E-state index contributed by atoms with van der Waals surface area (Å²) in [6.07, 6.45) is 1.44. The van der Waals surface area contributed by atoms with Crippen molar-refractivity contribution >= 4 is 40.8 Å². The van der Waals surface area contributed by atoms with Gasteiger partial charge in [0.25, 0.3) is 5.91 Å². The summed E-state index contributed by atoms with van der Waals surface area (Å²) in [4.78, 5) is 30.2. The molecule has 0 saturated heterocycles. The number of carbonyl (C=O) groups excluding carboxylic acids is 2. The Kier molecular flexibility index (Phi) is 10.1. The summed E-state index contributed by atoms with van der Waals surface area (Å²) in [5, 5.41) is 3.28. The molecule has 0 aliphatic heterocycles. The molecule has 8 heteroatoms. The first kappa shape index (κ1) is 30.6. The van der Waals surface area contributed by atoms with E-state index < -0.39 is 19.0 Å². The first-order chi connectivity index (χ1) is 19.7. The molecule has 4 aromatic carbocycles. The Morgan fingerprint density at radius 2 is 1.39 bits per heavy atom. The number of ketones is 1. The first-order valence-electron chi connectivity index (χ1n) is 14.2. The zero-order valence-electron chi connectivity index (χ0n) is 24.2. The fourth-order valence-electron chi connectivity index (χ4n) is 5.13. The molecule has 4 rings (SSSR count). The molecule has 41 heavy (non-hydrogen) atoms. The van der Waals surface area contributed by atoms with Gasteiger partial charge in [0.1, 0.15) is 5.66 Å². The smallest absolute Gasteiger partial charge is 0.342 e. The van der Waals surface area contributed by atoms with Gasteiger partial charge in [-0.1, -0.05) is 73.7 Å². The topological polar surface area (TPSA) is 98.9 Å². The fourth-order valence-corrected chi connectivity index (χ4v) is 7.21. The van der Waals surface area contributed by atoms with Crippen LogP contribution in [0.25, 0.3) is 21.5 Å². The standard InChI is InChI=1S/C33H39N2O5P/c1-5-26(34)19-20-35(4)33(37)30-22-25-15-9-8-14-24(25)21-29(30)31(36)32(41(38,39-6-2)40-7-3)28-18-12-16-23-13-10-11-17-27(23)28/h8-18,21-22,26,32H,5-7,19-20,34H2,1-4H3. The van der Waals surface area contributed by atoms with Gasteiger partial charge in [0.05, 0.1) is 18.8 Å². The van der Waals surface area contributed by atoms with Crippen LogP contribution in [0.1, 0.15) is 65.6 Å². The Balaban J connectivity index is 1.93. The van der Waals surface area contributed by atoms with E-state index in [4.69, 9.17) is 14.8 Å². The number of benzene rings is 4. The lowest BCUT2D eigenvalue weighted by atomic mass is 9.92. The van der Waals surface area contributed by atoms with E-state index in [9.17, 15) is 14.2 Å². The van der Waals surface area contributed by atoms with Gasteiger partial charge >= 0.3 is 7.60 Å². The van der Waals surface area contributed by atoms with E-state index in [1.807, 2.05) is 67.6 Å². The molecule has 1 amide bonds. The highest BCUT2D eigenvalue weighted by atomic mass is 31.2. The van der Waals surface area contributed by atoms with Crippen LogP contribution in [-0.4, -0.2) is 49.4 Å². The Bertz CT molecular complexity index is 1570. The molecule has 7 nitrogen and oxygen atoms in total. The number of fused-ring (bicyclic) bond motifs is 2. The van der Waals surface area contributed by atoms with Crippen molar-refractivity contribution in [3.63, 3.8) is 0 Å². The van der Waals surface area contributed by atoms with Crippen LogP contribution in [0.3, 0.4) is 0 Å². The monoisotopic (exact) mass is 574 g/mol. The maximum atomic E-state index is 14.8. The van der Waals surface area contributed by atoms with Crippen molar-refractivity contribution in [2.75, 3.05) is 26.8 Å². The number of nitrogens with two attached hydrogens (primary N) is 1. The van der Waals surface area contributed by atoms with Crippen molar-refractivity contribution in [2.24, 2.45) is 5.73 Å². The zero-order valence-corrected chi connectivity index (χ0v) is 25.1. The van der Waals surface area contributed by atoms with Crippen molar-refractivity contribution < 1.29 is 23.2 Å². The number of amides is 1. The number of Topliss-reactive ketones (excluding diaryl/α,β-unsaturated/α-hetero) is 1. The molecular formula is C33H39N2O5P. The van der Waals surface area contributed by atoms with Crippen molar-refractivity contribution in [3.05, 3.63) is 95.6 Å². The summed E-state index contributed by atoms with van der Waals surface area (Å²) >= 11 is 0. The maximum Gasteiger partial charge on any atom is 0.345 e. The van der Waals surface area contributed by atoms with Gasteiger partial charge in [-0.15, -0.1) is 0 Å². The van der Waals surface area contributed by atoms with Gasteiger partial charge in [-0.3, -0.25) is 14.2 Å². The van der Waals surface area contributed by atoms with Gasteiger partial charge in [-0.25, -0.2) is 0 Å². The summed E-state index contributed by atoms with van der Waals surface area (Å²) in [6.45, 7) is 6.08. The highest BCUT2D eigenvalue weighted by Crippen LogP contribution is 2.63. The summed E-state index contributed by atoms with van der Waals surface area (Å²) in [7, 11) is -2.32. The van der Waals surface area contributed by atoms with Crippen molar-refractivity contribution in [1.29, 1.82) is 0 Å². The van der Waals surface area contributed by atoms with E-state index in [2.05, 4.69) is 0 Å². The van der Waals surface area contributed by atoms with E-state index in [0.29, 0.717) is 18.5 Å². The predicted molar refractivity (Wildman–Crippen MR) is 166 cm³/mol. The summed E-state index contributed by atoms with van der Waals surface area (Å²) in [5.74, 6) is -0.791. The fraction of sp³-hybridized carbons (Fsp3) is 0.333. The van der Waals surface area contributed by atoms with Crippen LogP contribution in [0, 0.1) is 0 Å². The maximum absolute atomic E-state index is 14.8. The number of hydrogen-bond donors (Lipinski definition) is 1. The molecule has 216 valence electrons. The average molecular weight is 575 g/mol. The van der Waals surface area contributed by atoms with Crippen LogP contribution >= 0.6 is 7.60 Å². The van der Waals surface area contributed by atoms with Crippen LogP contribution in [0.15, 0.2) is 78.9 Å². The Hall–Kier alpha value is -3.35. The lowest BCUT2D eigenvalue weighted by molar-refractivity contribution is 0.0784. The van der Waals surface area contributed by atoms with E-state index in [1.165, 1.54) is 0 Å². The van der Waals surface area contributed by atoms with E-state index in [-0.39, 0.29) is 36.3 Å². The minimum Gasteiger partial charge on any atom is -0.342 e. The lowest BCUT2D eigenvalue weighted by Gasteiger charge is -2.28. The molecule has 0 spiro atoms. The highest BCUT2D eigenvalue weighted by molar-refractivity contribution is 7.55. The second-order valence-corrected chi connectivity index (χ2v) is 12.3. The third-order valence-corrected chi connectivity index (χ3v) is 9.77. The molecule has 2 N–H and O–H groups in total. The first-order valence-corrected chi connectivity index (χ1v) is 15.8. The SMILES string of the molecule is CCOP(=O)(OCC)C(C(=O)c1cc2ccccc2cc1C(=O)N(C)CCC(N)CC)c1cccc2ccccc12. The molecule has 0 aromatic heterocycles. The van der Waals surface area contributed by atoms with Gasteiger partial charge in [0, 0.05) is 25.2 Å². The molecule has 0 heterocycles. The second-order valence-electron chi connectivity index (χ2n) is 10.1. The molecule has 0 fully saturated rings. The number of nitrogens with zero attached hydrogens (tertiary/aromatic N) is 1. The summed E-state index contributed by atoms with van der Waals surface area (Å²) in [6, 6.07) is 24.2. The quantitative estimate of drug-likeness (QED) is 0.132. The molecule has 0 aliphatic carbocycles. The molecule has 2 atom stereocenters. The van der Waals surface area contributed by atoms with Crippen molar-refractivity contribution in [1.82, 2.24) is 4.90 Å². The average Bonchev–Trinajstić information content (AvgIpc) is 2.99. The van der Waals surface area contributed by atoms with Gasteiger partial charge < -0.3 is 19.7 Å². The van der Waals surface area contributed by atoms with E-state index >= 15 is 0 Å². The molecule has 0 bridgehead atoms. The van der Waals surface area contributed by atoms with Crippen LogP contribution in [-0.2, 0) is 13.6 Å². The molecule has 0 aliphatic rings. The van der Waals surface area contributed by atoms with Gasteiger partial charge in [0.2, 0.25) is 0 Å². The van der Waals surface area contributed by atoms with Crippen molar-refractivity contribution in [3.8, 4) is 0 Å². The Morgan fingerprint density at radius 1 is 0.829 bits per heavy atom. The van der Waals surface area contributed by atoms with Crippen LogP contribution in [0.2, 0.25) is 0 Å². The number of hydrogen-bond acceptors (Lipinski definition) is 6. The number of carbonyl (C=O) groups is 2. The zero-order chi connectivity index (χ0) is 29.6. The van der Waals surface area contributed by atoms with Gasteiger partial charge in [0.15, 0.2) is 5.78 Å². The largest absolute Gasteiger partial charge is 0.345 e. The summed E-state index contributed by atoms with van der Waals surface area (Å²) in [5.41, 5.74) is 5.79. The van der Waals surface area contributed by atoms with Gasteiger partial charge in [-0.05, 0) is 65.9 Å². The minimum absolute atomic E-state index is 0.0260. The third-order valence-electron chi connectivity index (χ3n) is 7.39. The molecule has 0 radical (unpaired) electrons. The summed E-state index contributed by atoms with van der Waals surface area (Å²) < 4.78 is 26.1. The molecule has 0 saturated carbocycles. The molecular weight excluding hydrogens is 535 g/mol. The van der Waals surface area contributed by atoms with Crippen LogP contribution in [0.5, 0.6) is 0 Å². The van der Waals surface area contributed by atoms with Crippen LogP contribution in [0.4, 0.5) is 0 Å². The van der Waals surface area contributed by atoms with E-state index in [1.54, 1.807) is 44.0 Å². The van der Waals surface area contributed by atoms with E-state index in [0.717, 1.165) is 28.0 Å². The predicted octanol–water partition coefficient (Wildman–Crippen LogP) is 7.38. The normalized spacial score (nSPS) is 13.3. The Morgan fingerprint density at radius 3 is 2.00 bits per heavy atom. The second kappa shape index (κ2) is 13.5. The molecule has 4 aromatic rings. The van der Waals surface area contributed by atoms with Crippen molar-refractivity contribution in [2.45, 2.75) is 45.3 Å². The highest BCUT2D eigenvalue weighted by Gasteiger charge is 2.44. The van der Waals surface area contributed by atoms with Crippen LogP contribution < -0.4 is 5.73 Å². The number of rotatable bonds is 13. The minimum atomic E-state index is -4.03. The molecule has 2 unspecified atom stereocenters. The third kappa shape index (κ3) is 6.60. The Labute approximate surface area is 242 Å². The van der Waals surface area contributed by atoms with Gasteiger partial charge in [-0.2, -0.15) is 0 Å².